The molecule has 1 aromatic rings. The first-order chi connectivity index (χ1) is 8.85. The molecule has 1 aromatic carbocycles. The molecule has 0 saturated heterocycles. The average molecular weight is 243 g/mol. The van der Waals surface area contributed by atoms with Gasteiger partial charge in [-0.1, -0.05) is 25.1 Å². The third-order valence-electron chi connectivity index (χ3n) is 3.33. The van der Waals surface area contributed by atoms with Gasteiger partial charge in [-0.2, -0.15) is 0 Å². The first-order valence-electron chi connectivity index (χ1n) is 6.67. The van der Waals surface area contributed by atoms with E-state index < -0.39 is 0 Å². The highest BCUT2D eigenvalue weighted by atomic mass is 16.5. The van der Waals surface area contributed by atoms with E-state index in [9.17, 15) is 0 Å². The van der Waals surface area contributed by atoms with Crippen molar-refractivity contribution in [1.82, 2.24) is 5.32 Å². The zero-order valence-corrected chi connectivity index (χ0v) is 11.3. The summed E-state index contributed by atoms with van der Waals surface area (Å²) >= 11 is 0. The molecule has 1 unspecified atom stereocenters. The quantitative estimate of drug-likeness (QED) is 0.802. The topological polar surface area (TPSA) is 21.3 Å². The molecular formula is C16H21NO. The predicted octanol–water partition coefficient (Wildman–Crippen LogP) is 3.17. The van der Waals surface area contributed by atoms with Crippen LogP contribution in [0.4, 0.5) is 0 Å². The fraction of sp³-hybridized carbons (Fsp3) is 0.500. The molecule has 2 nitrogen and oxygen atoms in total. The van der Waals surface area contributed by atoms with Crippen molar-refractivity contribution in [1.29, 1.82) is 0 Å². The summed E-state index contributed by atoms with van der Waals surface area (Å²) in [7, 11) is 0. The number of fused-ring (bicyclic) bond motifs is 1. The molecule has 0 amide bonds. The fourth-order valence-electron chi connectivity index (χ4n) is 2.38. The Balaban J connectivity index is 2.10. The Morgan fingerprint density at radius 2 is 2.17 bits per heavy atom. The van der Waals surface area contributed by atoms with E-state index in [-0.39, 0.29) is 0 Å². The van der Waals surface area contributed by atoms with E-state index in [0.29, 0.717) is 6.04 Å². The molecule has 0 bridgehead atoms. The highest BCUT2D eigenvalue weighted by molar-refractivity contribution is 5.34. The molecule has 2 heteroatoms. The summed E-state index contributed by atoms with van der Waals surface area (Å²) < 4.78 is 5.47. The van der Waals surface area contributed by atoms with Gasteiger partial charge in [0.2, 0.25) is 0 Å². The van der Waals surface area contributed by atoms with Crippen LogP contribution in [0, 0.1) is 11.8 Å². The summed E-state index contributed by atoms with van der Waals surface area (Å²) in [6, 6.07) is 7.12. The van der Waals surface area contributed by atoms with Gasteiger partial charge < -0.3 is 10.1 Å². The molecule has 0 fully saturated rings. The van der Waals surface area contributed by atoms with Crippen molar-refractivity contribution in [3.63, 3.8) is 0 Å². The van der Waals surface area contributed by atoms with Crippen molar-refractivity contribution >= 4 is 0 Å². The maximum Gasteiger partial charge on any atom is 0.0725 e. The third-order valence-corrected chi connectivity index (χ3v) is 3.33. The summed E-state index contributed by atoms with van der Waals surface area (Å²) in [6.45, 7) is 6.56. The maximum absolute atomic E-state index is 5.47. The van der Waals surface area contributed by atoms with Crippen LogP contribution in [0.15, 0.2) is 18.2 Å². The Morgan fingerprint density at radius 1 is 1.33 bits per heavy atom. The second kappa shape index (κ2) is 6.58. The number of benzene rings is 1. The molecule has 1 N–H and O–H groups in total. The van der Waals surface area contributed by atoms with Crippen LogP contribution in [0.2, 0.25) is 0 Å². The van der Waals surface area contributed by atoms with Crippen molar-refractivity contribution in [3.8, 4) is 11.8 Å². The van der Waals surface area contributed by atoms with Crippen LogP contribution in [0.25, 0.3) is 0 Å². The highest BCUT2D eigenvalue weighted by Crippen LogP contribution is 2.25. The monoisotopic (exact) mass is 243 g/mol. The van der Waals surface area contributed by atoms with Gasteiger partial charge in [-0.05, 0) is 36.6 Å². The minimum absolute atomic E-state index is 0.404. The predicted molar refractivity (Wildman–Crippen MR) is 74.0 cm³/mol. The molecule has 0 aromatic heterocycles. The Bertz CT molecular complexity index is 456. The minimum Gasteiger partial charge on any atom is -0.372 e. The molecule has 2 rings (SSSR count). The van der Waals surface area contributed by atoms with Gasteiger partial charge in [-0.3, -0.25) is 0 Å². The largest absolute Gasteiger partial charge is 0.372 e. The van der Waals surface area contributed by atoms with Gasteiger partial charge in [-0.15, -0.1) is 11.8 Å². The molecule has 0 aliphatic carbocycles. The van der Waals surface area contributed by atoms with E-state index in [4.69, 9.17) is 4.74 Å². The Hall–Kier alpha value is -1.30. The lowest BCUT2D eigenvalue weighted by atomic mass is 9.98. The molecule has 1 heterocycles. The van der Waals surface area contributed by atoms with Crippen LogP contribution in [0.1, 0.15) is 49.4 Å². The Labute approximate surface area is 110 Å². The van der Waals surface area contributed by atoms with Crippen molar-refractivity contribution in [2.75, 3.05) is 6.54 Å². The normalized spacial score (nSPS) is 14.8. The average Bonchev–Trinajstić information content (AvgIpc) is 2.85. The van der Waals surface area contributed by atoms with Crippen molar-refractivity contribution in [3.05, 3.63) is 34.9 Å². The van der Waals surface area contributed by atoms with Crippen molar-refractivity contribution in [2.24, 2.45) is 0 Å². The van der Waals surface area contributed by atoms with Crippen molar-refractivity contribution < 1.29 is 4.74 Å². The maximum atomic E-state index is 5.47. The first kappa shape index (κ1) is 13.1. The van der Waals surface area contributed by atoms with E-state index in [1.807, 2.05) is 6.92 Å². The molecular weight excluding hydrogens is 222 g/mol. The van der Waals surface area contributed by atoms with Crippen LogP contribution < -0.4 is 5.32 Å². The molecule has 96 valence electrons. The van der Waals surface area contributed by atoms with Gasteiger partial charge in [0.1, 0.15) is 0 Å². The summed E-state index contributed by atoms with van der Waals surface area (Å²) in [6.07, 6.45) is 2.01. The SMILES string of the molecule is CC#CCCC(NCC)c1ccc2c(c1)COC2. The second-order valence-corrected chi connectivity index (χ2v) is 4.60. The van der Waals surface area contributed by atoms with Crippen LogP contribution >= 0.6 is 0 Å². The lowest BCUT2D eigenvalue weighted by Gasteiger charge is -2.18. The van der Waals surface area contributed by atoms with E-state index in [0.717, 1.165) is 32.6 Å². The lowest BCUT2D eigenvalue weighted by Crippen LogP contribution is -2.20. The summed E-state index contributed by atoms with van der Waals surface area (Å²) in [5, 5.41) is 3.54. The molecule has 18 heavy (non-hydrogen) atoms. The zero-order chi connectivity index (χ0) is 12.8. The van der Waals surface area contributed by atoms with E-state index in [1.54, 1.807) is 0 Å². The van der Waals surface area contributed by atoms with Gasteiger partial charge in [0.15, 0.2) is 0 Å². The van der Waals surface area contributed by atoms with Crippen LogP contribution in [-0.4, -0.2) is 6.54 Å². The first-order valence-corrected chi connectivity index (χ1v) is 6.67. The summed E-state index contributed by atoms with van der Waals surface area (Å²) in [5.74, 6) is 6.11. The molecule has 0 saturated carbocycles. The van der Waals surface area contributed by atoms with Gasteiger partial charge >= 0.3 is 0 Å². The standard InChI is InChI=1S/C16H21NO/c1-3-5-6-7-16(17-4-2)13-8-9-14-11-18-12-15(14)10-13/h8-10,16-17H,4,6-7,11-12H2,1-2H3. The molecule has 1 atom stereocenters. The second-order valence-electron chi connectivity index (χ2n) is 4.60. The number of hydrogen-bond acceptors (Lipinski definition) is 2. The Kier molecular flexibility index (Phi) is 4.81. The Morgan fingerprint density at radius 3 is 2.94 bits per heavy atom. The van der Waals surface area contributed by atoms with E-state index in [1.165, 1.54) is 16.7 Å². The van der Waals surface area contributed by atoms with Crippen molar-refractivity contribution in [2.45, 2.75) is 45.9 Å². The van der Waals surface area contributed by atoms with Crippen LogP contribution in [0.5, 0.6) is 0 Å². The number of hydrogen-bond donors (Lipinski definition) is 1. The molecule has 1 aliphatic rings. The number of nitrogens with one attached hydrogen (secondary N) is 1. The summed E-state index contributed by atoms with van der Waals surface area (Å²) in [5.41, 5.74) is 4.04. The van der Waals surface area contributed by atoms with Gasteiger partial charge in [-0.25, -0.2) is 0 Å². The summed E-state index contributed by atoms with van der Waals surface area (Å²) in [4.78, 5) is 0. The number of ether oxygens (including phenoxy) is 1. The molecule has 1 aliphatic heterocycles. The molecule has 0 radical (unpaired) electrons. The van der Waals surface area contributed by atoms with Gasteiger partial charge in [0.05, 0.1) is 13.2 Å². The minimum atomic E-state index is 0.404. The van der Waals surface area contributed by atoms with Crippen LogP contribution in [-0.2, 0) is 18.0 Å². The van der Waals surface area contributed by atoms with Gasteiger partial charge in [0, 0.05) is 12.5 Å². The smallest absolute Gasteiger partial charge is 0.0725 e. The number of rotatable bonds is 5. The fourth-order valence-corrected chi connectivity index (χ4v) is 2.38. The highest BCUT2D eigenvalue weighted by Gasteiger charge is 2.15. The van der Waals surface area contributed by atoms with Gasteiger partial charge in [0.25, 0.3) is 0 Å². The van der Waals surface area contributed by atoms with E-state index in [2.05, 4.69) is 42.3 Å². The molecule has 0 spiro atoms. The third kappa shape index (κ3) is 3.13. The van der Waals surface area contributed by atoms with Crippen LogP contribution in [0.3, 0.4) is 0 Å². The van der Waals surface area contributed by atoms with E-state index >= 15 is 0 Å². The zero-order valence-electron chi connectivity index (χ0n) is 11.3. The lowest BCUT2D eigenvalue weighted by molar-refractivity contribution is 0.134.